The van der Waals surface area contributed by atoms with Gasteiger partial charge < -0.3 is 10.1 Å². The molecule has 5 heteroatoms. The first-order chi connectivity index (χ1) is 19.3. The Morgan fingerprint density at radius 1 is 0.825 bits per heavy atom. The van der Waals surface area contributed by atoms with E-state index in [0.29, 0.717) is 6.42 Å². The molecule has 0 heterocycles. The molecule has 1 aliphatic rings. The highest BCUT2D eigenvalue weighted by atomic mass is 31.2. The maximum atomic E-state index is 12.1. The van der Waals surface area contributed by atoms with Gasteiger partial charge in [-0.3, -0.25) is 9.59 Å². The van der Waals surface area contributed by atoms with E-state index >= 15 is 0 Å². The molecule has 1 fully saturated rings. The van der Waals surface area contributed by atoms with E-state index in [4.69, 9.17) is 11.0 Å². The van der Waals surface area contributed by atoms with Gasteiger partial charge in [-0.15, -0.1) is 0 Å². The Morgan fingerprint density at radius 3 is 1.68 bits per heavy atom. The smallest absolute Gasteiger partial charge is 0.307 e. The quantitative estimate of drug-likeness (QED) is 0.134. The van der Waals surface area contributed by atoms with E-state index in [-0.39, 0.29) is 18.3 Å². The van der Waals surface area contributed by atoms with Crippen LogP contribution >= 0.6 is 6.89 Å². The molecule has 0 aromatic heterocycles. The zero-order chi connectivity index (χ0) is 28.8. The average Bonchev–Trinajstić information content (AvgIpc) is 3.00. The van der Waals surface area contributed by atoms with Crippen LogP contribution in [-0.2, 0) is 14.3 Å². The van der Waals surface area contributed by atoms with Crippen molar-refractivity contribution in [1.29, 1.82) is 0 Å². The van der Waals surface area contributed by atoms with Crippen molar-refractivity contribution < 1.29 is 14.3 Å². The maximum absolute atomic E-state index is 12.1. The van der Waals surface area contributed by atoms with Crippen molar-refractivity contribution in [3.63, 3.8) is 0 Å². The van der Waals surface area contributed by atoms with E-state index in [2.05, 4.69) is 110 Å². The summed E-state index contributed by atoms with van der Waals surface area (Å²) < 4.78 is 4.77. The molecule has 3 aromatic carbocycles. The van der Waals surface area contributed by atoms with Gasteiger partial charge in [-0.05, 0) is 54.9 Å². The van der Waals surface area contributed by atoms with Crippen LogP contribution in [0.25, 0.3) is 0 Å². The van der Waals surface area contributed by atoms with Crippen LogP contribution in [0, 0.1) is 0 Å². The van der Waals surface area contributed by atoms with Gasteiger partial charge in [0.25, 0.3) is 0 Å². The molecule has 0 radical (unpaired) electrons. The molecular weight excluding hydrogens is 513 g/mol. The predicted octanol–water partition coefficient (Wildman–Crippen LogP) is 6.53. The molecule has 0 bridgehead atoms. The van der Waals surface area contributed by atoms with Crippen LogP contribution in [0.15, 0.2) is 103 Å². The molecule has 4 nitrogen and oxygen atoms in total. The van der Waals surface area contributed by atoms with Crippen LogP contribution in [0.4, 0.5) is 0 Å². The van der Waals surface area contributed by atoms with Crippen molar-refractivity contribution in [2.45, 2.75) is 70.3 Å². The second kappa shape index (κ2) is 15.4. The minimum atomic E-state index is -1.78. The number of benzene rings is 3. The number of hydrogen-bond acceptors (Lipinski definition) is 3. The van der Waals surface area contributed by atoms with E-state index in [1.807, 2.05) is 0 Å². The number of esters is 1. The fourth-order valence-electron chi connectivity index (χ4n) is 5.16. The van der Waals surface area contributed by atoms with Crippen molar-refractivity contribution in [2.75, 3.05) is 7.11 Å². The van der Waals surface area contributed by atoms with Gasteiger partial charge >= 0.3 is 5.97 Å². The number of carbonyl (C=O) groups excluding carboxylic acids is 2. The van der Waals surface area contributed by atoms with Crippen LogP contribution in [0.3, 0.4) is 0 Å². The summed E-state index contributed by atoms with van der Waals surface area (Å²) in [5.74, 6) is -0.207. The fourth-order valence-corrected chi connectivity index (χ4v) is 8.10. The van der Waals surface area contributed by atoms with Gasteiger partial charge in [0.2, 0.25) is 5.91 Å². The Kier molecular flexibility index (Phi) is 12.0. The topological polar surface area (TPSA) is 55.4 Å². The van der Waals surface area contributed by atoms with Crippen molar-refractivity contribution in [3.05, 3.63) is 103 Å². The maximum Gasteiger partial charge on any atom is 0.307 e. The summed E-state index contributed by atoms with van der Waals surface area (Å²) in [6.07, 6.45) is 11.8. The van der Waals surface area contributed by atoms with Crippen molar-refractivity contribution >= 4 is 41.0 Å². The number of amides is 1. The number of ether oxygens (including phenoxy) is 1. The van der Waals surface area contributed by atoms with Gasteiger partial charge in [-0.1, -0.05) is 129 Å². The Hall–Kier alpha value is -3.36. The van der Waals surface area contributed by atoms with Gasteiger partial charge in [0, 0.05) is 6.42 Å². The highest BCUT2D eigenvalue weighted by Crippen LogP contribution is 2.41. The molecule has 4 rings (SSSR count). The van der Waals surface area contributed by atoms with Crippen LogP contribution in [0.5, 0.6) is 0 Å². The lowest BCUT2D eigenvalue weighted by atomic mass is 9.77. The molecular formula is C35H44NO3P. The number of unbranched alkanes of at least 4 members (excludes halogenated alkanes) is 2. The second-order valence-electron chi connectivity index (χ2n) is 10.6. The lowest BCUT2D eigenvalue weighted by Crippen LogP contribution is -2.51. The van der Waals surface area contributed by atoms with E-state index in [1.165, 1.54) is 28.6 Å². The summed E-state index contributed by atoms with van der Waals surface area (Å²) in [5.41, 5.74) is 0.767. The third-order valence-corrected chi connectivity index (χ3v) is 11.2. The molecule has 0 saturated heterocycles. The van der Waals surface area contributed by atoms with Gasteiger partial charge in [0.05, 0.1) is 19.1 Å². The van der Waals surface area contributed by atoms with Gasteiger partial charge in [-0.25, -0.2) is 0 Å². The molecule has 1 amide bonds. The van der Waals surface area contributed by atoms with Gasteiger partial charge in [0.1, 0.15) is 0 Å². The lowest BCUT2D eigenvalue weighted by molar-refractivity contribution is -0.143. The molecule has 0 aliphatic heterocycles. The number of hydrogen-bond donors (Lipinski definition) is 1. The summed E-state index contributed by atoms with van der Waals surface area (Å²) in [6.45, 7) is 4.33. The number of nitrogens with one attached hydrogen (secondary N) is 1. The third kappa shape index (κ3) is 8.57. The van der Waals surface area contributed by atoms with Crippen molar-refractivity contribution in [1.82, 2.24) is 5.32 Å². The highest BCUT2D eigenvalue weighted by molar-refractivity contribution is 7.93. The molecule has 3 aromatic rings. The SMILES string of the molecule is C=C1CCC(CC(=O)OC)(NC(=O)CCCCC)CC1.C=P(c1ccccc1)(c1ccccc1)c1ccccc1. The fraction of sp³-hybridized carbons (Fsp3) is 0.343. The Morgan fingerprint density at radius 2 is 1.27 bits per heavy atom. The molecule has 1 N–H and O–H groups in total. The second-order valence-corrected chi connectivity index (χ2v) is 13.8. The molecule has 0 unspecified atom stereocenters. The number of allylic oxidation sites excluding steroid dienone is 1. The Labute approximate surface area is 240 Å². The first-order valence-corrected chi connectivity index (χ1v) is 16.2. The van der Waals surface area contributed by atoms with Crippen molar-refractivity contribution in [3.8, 4) is 0 Å². The normalized spacial score (nSPS) is 14.4. The summed E-state index contributed by atoms with van der Waals surface area (Å²) in [5, 5.41) is 7.05. The van der Waals surface area contributed by atoms with E-state index < -0.39 is 12.4 Å². The van der Waals surface area contributed by atoms with Crippen LogP contribution in [0.2, 0.25) is 0 Å². The molecule has 40 heavy (non-hydrogen) atoms. The summed E-state index contributed by atoms with van der Waals surface area (Å²) in [6, 6.07) is 31.9. The Bertz CT molecular complexity index is 1160. The van der Waals surface area contributed by atoms with Gasteiger partial charge in [0.15, 0.2) is 0 Å². The first kappa shape index (κ1) is 31.2. The Balaban J connectivity index is 0.000000220. The van der Waals surface area contributed by atoms with Crippen molar-refractivity contribution in [2.24, 2.45) is 0 Å². The zero-order valence-corrected chi connectivity index (χ0v) is 25.0. The first-order valence-electron chi connectivity index (χ1n) is 14.3. The molecule has 1 aliphatic carbocycles. The zero-order valence-electron chi connectivity index (χ0n) is 24.1. The number of methoxy groups -OCH3 is 1. The van der Waals surface area contributed by atoms with Crippen LogP contribution < -0.4 is 21.2 Å². The predicted molar refractivity (Wildman–Crippen MR) is 172 cm³/mol. The third-order valence-electron chi connectivity index (χ3n) is 7.63. The number of carbonyl (C=O) groups is 2. The molecule has 1 saturated carbocycles. The van der Waals surface area contributed by atoms with Crippen LogP contribution in [0.1, 0.15) is 64.7 Å². The van der Waals surface area contributed by atoms with E-state index in [9.17, 15) is 9.59 Å². The average molecular weight is 558 g/mol. The van der Waals surface area contributed by atoms with Crippen LogP contribution in [-0.4, -0.2) is 30.8 Å². The minimum Gasteiger partial charge on any atom is -0.469 e. The van der Waals surface area contributed by atoms with Gasteiger partial charge in [-0.2, -0.15) is 0 Å². The molecule has 0 atom stereocenters. The molecule has 212 valence electrons. The summed E-state index contributed by atoms with van der Waals surface area (Å²) >= 11 is 0. The summed E-state index contributed by atoms with van der Waals surface area (Å²) in [7, 11) is 1.39. The van der Waals surface area contributed by atoms with E-state index in [0.717, 1.165) is 44.9 Å². The lowest BCUT2D eigenvalue weighted by Gasteiger charge is -2.38. The molecule has 0 spiro atoms. The monoisotopic (exact) mass is 557 g/mol. The highest BCUT2D eigenvalue weighted by Gasteiger charge is 2.36. The minimum absolute atomic E-state index is 0.0508. The largest absolute Gasteiger partial charge is 0.469 e. The number of rotatable bonds is 10. The summed E-state index contributed by atoms with van der Waals surface area (Å²) in [4.78, 5) is 23.7. The van der Waals surface area contributed by atoms with E-state index in [1.54, 1.807) is 0 Å². The standard InChI is InChI=1S/C19H17P.C16H27NO3/c1-20(17-11-5-2-6-12-17,18-13-7-3-8-14-18)19-15-9-4-10-16-19;1-4-5-6-7-14(18)17-16(12-15(19)20-3)10-8-13(2)9-11-16/h2-16H,1H2;2,4-12H2,1,3H3,(H,17,18).